The van der Waals surface area contributed by atoms with Crippen molar-refractivity contribution < 1.29 is 14.6 Å². The van der Waals surface area contributed by atoms with Crippen molar-refractivity contribution in [2.24, 2.45) is 0 Å². The molecule has 0 atom stereocenters. The Morgan fingerprint density at radius 1 is 1.29 bits per heavy atom. The fraction of sp³-hybridized carbons (Fsp3) is 0. The van der Waals surface area contributed by atoms with Crippen LogP contribution in [0.2, 0.25) is 0 Å². The molecule has 0 fully saturated rings. The Bertz CT molecular complexity index is 370. The molecule has 0 aliphatic carbocycles. The highest BCUT2D eigenvalue weighted by Gasteiger charge is 2.04. The van der Waals surface area contributed by atoms with Crippen molar-refractivity contribution >= 4 is 18.3 Å². The zero-order valence-electron chi connectivity index (χ0n) is 7.15. The second-order valence-electron chi connectivity index (χ2n) is 2.45. The SMILES string of the molecule is N=COC(=N)c1ccc(C(=O)O)cc1. The summed E-state index contributed by atoms with van der Waals surface area (Å²) >= 11 is 0. The van der Waals surface area contributed by atoms with Gasteiger partial charge in [-0.2, -0.15) is 0 Å². The fourth-order valence-electron chi connectivity index (χ4n) is 0.891. The van der Waals surface area contributed by atoms with Crippen LogP contribution in [0.25, 0.3) is 0 Å². The van der Waals surface area contributed by atoms with E-state index in [9.17, 15) is 4.79 Å². The van der Waals surface area contributed by atoms with Crippen molar-refractivity contribution in [1.29, 1.82) is 10.8 Å². The van der Waals surface area contributed by atoms with Crippen LogP contribution < -0.4 is 0 Å². The van der Waals surface area contributed by atoms with Gasteiger partial charge in [0.25, 0.3) is 0 Å². The average molecular weight is 192 g/mol. The molecule has 0 amide bonds. The van der Waals surface area contributed by atoms with Crippen molar-refractivity contribution in [3.8, 4) is 0 Å². The number of hydrogen-bond donors (Lipinski definition) is 3. The summed E-state index contributed by atoms with van der Waals surface area (Å²) in [5, 5.41) is 22.5. The van der Waals surface area contributed by atoms with Crippen molar-refractivity contribution in [3.63, 3.8) is 0 Å². The molecular formula is C9H8N2O3. The van der Waals surface area contributed by atoms with E-state index in [1.165, 1.54) is 24.3 Å². The third-order valence-electron chi connectivity index (χ3n) is 1.57. The second kappa shape index (κ2) is 4.18. The average Bonchev–Trinajstić information content (AvgIpc) is 2.18. The first-order valence-corrected chi connectivity index (χ1v) is 3.73. The molecule has 0 unspecified atom stereocenters. The van der Waals surface area contributed by atoms with Crippen LogP contribution in [-0.4, -0.2) is 23.4 Å². The summed E-state index contributed by atoms with van der Waals surface area (Å²) in [5.74, 6) is -1.20. The van der Waals surface area contributed by atoms with Gasteiger partial charge in [0.1, 0.15) is 0 Å². The summed E-state index contributed by atoms with van der Waals surface area (Å²) < 4.78 is 4.51. The van der Waals surface area contributed by atoms with Crippen molar-refractivity contribution in [3.05, 3.63) is 35.4 Å². The summed E-state index contributed by atoms with van der Waals surface area (Å²) in [5.41, 5.74) is 0.579. The molecule has 0 saturated carbocycles. The third kappa shape index (κ3) is 2.16. The molecule has 0 spiro atoms. The smallest absolute Gasteiger partial charge is 0.335 e. The van der Waals surface area contributed by atoms with Crippen LogP contribution in [0.1, 0.15) is 15.9 Å². The Morgan fingerprint density at radius 3 is 2.21 bits per heavy atom. The number of ether oxygens (including phenoxy) is 1. The van der Waals surface area contributed by atoms with E-state index in [0.29, 0.717) is 12.0 Å². The highest BCUT2D eigenvalue weighted by Crippen LogP contribution is 2.05. The molecule has 0 heterocycles. The van der Waals surface area contributed by atoms with Gasteiger partial charge in [-0.25, -0.2) is 4.79 Å². The maximum absolute atomic E-state index is 10.5. The van der Waals surface area contributed by atoms with Gasteiger partial charge >= 0.3 is 5.97 Å². The van der Waals surface area contributed by atoms with E-state index in [0.717, 1.165) is 0 Å². The zero-order chi connectivity index (χ0) is 10.6. The highest BCUT2D eigenvalue weighted by atomic mass is 16.5. The molecule has 5 heteroatoms. The van der Waals surface area contributed by atoms with Crippen LogP contribution in [-0.2, 0) is 4.74 Å². The van der Waals surface area contributed by atoms with E-state index in [-0.39, 0.29) is 11.5 Å². The molecule has 1 aromatic carbocycles. The molecule has 14 heavy (non-hydrogen) atoms. The predicted octanol–water partition coefficient (Wildman–Crippen LogP) is 1.33. The normalized spacial score (nSPS) is 9.14. The molecule has 72 valence electrons. The van der Waals surface area contributed by atoms with E-state index in [1.54, 1.807) is 0 Å². The van der Waals surface area contributed by atoms with Crippen molar-refractivity contribution in [2.45, 2.75) is 0 Å². The number of carboxylic acids is 1. The minimum absolute atomic E-state index is 0.149. The zero-order valence-corrected chi connectivity index (χ0v) is 7.15. The quantitative estimate of drug-likeness (QED) is 0.498. The number of aromatic carboxylic acids is 1. The molecule has 3 N–H and O–H groups in total. The number of benzene rings is 1. The molecule has 0 radical (unpaired) electrons. The lowest BCUT2D eigenvalue weighted by Crippen LogP contribution is -2.04. The molecule has 0 aromatic heterocycles. The van der Waals surface area contributed by atoms with E-state index in [2.05, 4.69) is 4.74 Å². The van der Waals surface area contributed by atoms with Gasteiger partial charge < -0.3 is 9.84 Å². The first-order chi connectivity index (χ1) is 6.65. The maximum Gasteiger partial charge on any atom is 0.335 e. The summed E-state index contributed by atoms with van der Waals surface area (Å²) in [7, 11) is 0. The second-order valence-corrected chi connectivity index (χ2v) is 2.45. The van der Waals surface area contributed by atoms with Gasteiger partial charge in [-0.15, -0.1) is 0 Å². The Labute approximate surface area is 80.0 Å². The van der Waals surface area contributed by atoms with Crippen LogP contribution >= 0.6 is 0 Å². The number of nitrogens with one attached hydrogen (secondary N) is 2. The van der Waals surface area contributed by atoms with Gasteiger partial charge in [0.05, 0.1) is 5.56 Å². The first kappa shape index (κ1) is 9.91. The standard InChI is InChI=1S/C9H8N2O3/c10-5-14-8(11)6-1-3-7(4-2-6)9(12)13/h1-5,10-11H,(H,12,13). The van der Waals surface area contributed by atoms with Crippen molar-refractivity contribution in [1.82, 2.24) is 0 Å². The molecule has 0 aliphatic rings. The van der Waals surface area contributed by atoms with E-state index >= 15 is 0 Å². The molecular weight excluding hydrogens is 184 g/mol. The predicted molar refractivity (Wildman–Crippen MR) is 50.1 cm³/mol. The molecule has 1 aromatic rings. The van der Waals surface area contributed by atoms with E-state index < -0.39 is 5.97 Å². The van der Waals surface area contributed by atoms with Crippen LogP contribution in [0.5, 0.6) is 0 Å². The molecule has 1 rings (SSSR count). The Hall–Kier alpha value is -2.17. The van der Waals surface area contributed by atoms with Crippen molar-refractivity contribution in [2.75, 3.05) is 0 Å². The largest absolute Gasteiger partial charge is 0.478 e. The molecule has 0 saturated heterocycles. The number of hydrogen-bond acceptors (Lipinski definition) is 4. The Morgan fingerprint density at radius 2 is 1.79 bits per heavy atom. The van der Waals surface area contributed by atoms with E-state index in [4.69, 9.17) is 15.9 Å². The van der Waals surface area contributed by atoms with Gasteiger partial charge in [-0.3, -0.25) is 10.8 Å². The summed E-state index contributed by atoms with van der Waals surface area (Å²) in [6.45, 7) is 0. The van der Waals surface area contributed by atoms with E-state index in [1.807, 2.05) is 0 Å². The van der Waals surface area contributed by atoms with Crippen LogP contribution in [0.15, 0.2) is 24.3 Å². The van der Waals surface area contributed by atoms with Crippen LogP contribution in [0.3, 0.4) is 0 Å². The monoisotopic (exact) mass is 192 g/mol. The van der Waals surface area contributed by atoms with Gasteiger partial charge in [-0.05, 0) is 24.3 Å². The Balaban J connectivity index is 2.88. The third-order valence-corrected chi connectivity index (χ3v) is 1.57. The highest BCUT2D eigenvalue weighted by molar-refractivity contribution is 5.96. The minimum Gasteiger partial charge on any atom is -0.478 e. The van der Waals surface area contributed by atoms with Crippen LogP contribution in [0, 0.1) is 10.8 Å². The van der Waals surface area contributed by atoms with Crippen LogP contribution in [0.4, 0.5) is 0 Å². The summed E-state index contributed by atoms with van der Waals surface area (Å²) in [6, 6.07) is 5.66. The summed E-state index contributed by atoms with van der Waals surface area (Å²) in [6.07, 6.45) is 0.646. The topological polar surface area (TPSA) is 94.2 Å². The molecule has 5 nitrogen and oxygen atoms in total. The van der Waals surface area contributed by atoms with Gasteiger partial charge in [0.15, 0.2) is 6.40 Å². The fourth-order valence-corrected chi connectivity index (χ4v) is 0.891. The van der Waals surface area contributed by atoms with Gasteiger partial charge in [0, 0.05) is 5.56 Å². The summed E-state index contributed by atoms with van der Waals surface area (Å²) in [4.78, 5) is 10.5. The molecule has 0 aliphatic heterocycles. The number of carbonyl (C=O) groups is 1. The Kier molecular flexibility index (Phi) is 2.96. The lowest BCUT2D eigenvalue weighted by Gasteiger charge is -2.01. The maximum atomic E-state index is 10.5. The first-order valence-electron chi connectivity index (χ1n) is 3.73. The molecule has 0 bridgehead atoms. The minimum atomic E-state index is -1.02. The van der Waals surface area contributed by atoms with Gasteiger partial charge in [-0.1, -0.05) is 0 Å². The number of rotatable bonds is 3. The lowest BCUT2D eigenvalue weighted by atomic mass is 10.1. The lowest BCUT2D eigenvalue weighted by molar-refractivity contribution is 0.0697. The number of carboxylic acid groups (broad SMARTS) is 1. The van der Waals surface area contributed by atoms with Gasteiger partial charge in [0.2, 0.25) is 5.90 Å².